The molecule has 0 saturated carbocycles. The highest BCUT2D eigenvalue weighted by atomic mass is 16.5. The van der Waals surface area contributed by atoms with Crippen molar-refractivity contribution in [3.05, 3.63) is 45.5 Å². The fourth-order valence-electron chi connectivity index (χ4n) is 1.77. The van der Waals surface area contributed by atoms with Gasteiger partial charge in [-0.2, -0.15) is 0 Å². The molecule has 0 aliphatic heterocycles. The fourth-order valence-corrected chi connectivity index (χ4v) is 1.77. The van der Waals surface area contributed by atoms with Crippen LogP contribution in [0.25, 0.3) is 0 Å². The number of nitrogens with one attached hydrogen (secondary N) is 2. The maximum Gasteiger partial charge on any atom is 0.374 e. The van der Waals surface area contributed by atoms with Crippen molar-refractivity contribution in [1.82, 2.24) is 9.97 Å². The second-order valence-electron chi connectivity index (χ2n) is 4.00. The number of aromatic amines is 2. The molecule has 7 heteroatoms. The van der Waals surface area contributed by atoms with Gasteiger partial charge in [0.2, 0.25) is 11.5 Å². The van der Waals surface area contributed by atoms with Crippen LogP contribution < -0.4 is 5.69 Å². The Morgan fingerprint density at radius 1 is 1.20 bits per heavy atom. The maximum atomic E-state index is 12.2. The monoisotopic (exact) mass is 278 g/mol. The van der Waals surface area contributed by atoms with E-state index in [1.165, 1.54) is 12.1 Å². The number of carbonyl (C=O) groups excluding carboxylic acids is 2. The molecule has 7 nitrogen and oxygen atoms in total. The summed E-state index contributed by atoms with van der Waals surface area (Å²) in [7, 11) is 0. The summed E-state index contributed by atoms with van der Waals surface area (Å²) < 4.78 is 9.93. The number of aryl methyl sites for hydroxylation is 1. The van der Waals surface area contributed by atoms with Crippen LogP contribution in [0.15, 0.2) is 21.3 Å². The molecule has 0 aliphatic rings. The number of esters is 1. The molecule has 2 N–H and O–H groups in total. The summed E-state index contributed by atoms with van der Waals surface area (Å²) in [4.78, 5) is 39.8. The minimum atomic E-state index is -0.634. The lowest BCUT2D eigenvalue weighted by Crippen LogP contribution is -2.07. The molecule has 0 unspecified atom stereocenters. The molecule has 106 valence electrons. The average molecular weight is 278 g/mol. The second-order valence-corrected chi connectivity index (χ2v) is 4.00. The van der Waals surface area contributed by atoms with Crippen LogP contribution in [0.1, 0.15) is 46.3 Å². The Hall–Kier alpha value is -2.57. The number of aromatic nitrogens is 2. The number of furan rings is 1. The number of carbonyl (C=O) groups is 2. The van der Waals surface area contributed by atoms with E-state index in [1.807, 2.05) is 6.92 Å². The fraction of sp³-hybridized carbons (Fsp3) is 0.308. The summed E-state index contributed by atoms with van der Waals surface area (Å²) in [5.41, 5.74) is 0.179. The standard InChI is InChI=1S/C13H14N2O5/c1-3-7-10(15-13(18)14-7)11(16)8-5-6-9(20-8)12(17)19-4-2/h5-6H,3-4H2,1-2H3,(H2,14,15,18). The zero-order chi connectivity index (χ0) is 14.7. The average Bonchev–Trinajstić information content (AvgIpc) is 3.04. The summed E-state index contributed by atoms with van der Waals surface area (Å²) in [6.45, 7) is 3.70. The lowest BCUT2D eigenvalue weighted by Gasteiger charge is -1.98. The topological polar surface area (TPSA) is 105 Å². The number of hydrogen-bond acceptors (Lipinski definition) is 5. The molecular formula is C13H14N2O5. The van der Waals surface area contributed by atoms with E-state index in [2.05, 4.69) is 9.97 Å². The smallest absolute Gasteiger partial charge is 0.374 e. The quantitative estimate of drug-likeness (QED) is 0.633. The number of imidazole rings is 1. The van der Waals surface area contributed by atoms with Crippen molar-refractivity contribution in [3.63, 3.8) is 0 Å². The molecule has 20 heavy (non-hydrogen) atoms. The van der Waals surface area contributed by atoms with E-state index < -0.39 is 17.4 Å². The van der Waals surface area contributed by atoms with Crippen molar-refractivity contribution >= 4 is 11.8 Å². The zero-order valence-corrected chi connectivity index (χ0v) is 11.1. The first kappa shape index (κ1) is 13.9. The van der Waals surface area contributed by atoms with Crippen molar-refractivity contribution in [3.8, 4) is 0 Å². The van der Waals surface area contributed by atoms with Gasteiger partial charge in [-0.1, -0.05) is 6.92 Å². The number of rotatable bonds is 5. The van der Waals surface area contributed by atoms with Crippen LogP contribution in [0, 0.1) is 0 Å². The summed E-state index contributed by atoms with van der Waals surface area (Å²) in [6, 6.07) is 2.74. The van der Waals surface area contributed by atoms with E-state index in [-0.39, 0.29) is 23.8 Å². The van der Waals surface area contributed by atoms with Gasteiger partial charge in [0.25, 0.3) is 0 Å². The lowest BCUT2D eigenvalue weighted by atomic mass is 10.1. The van der Waals surface area contributed by atoms with Crippen molar-refractivity contribution in [2.75, 3.05) is 6.61 Å². The van der Waals surface area contributed by atoms with E-state index in [1.54, 1.807) is 6.92 Å². The number of ketones is 1. The minimum absolute atomic E-state index is 0.0296. The van der Waals surface area contributed by atoms with Crippen LogP contribution >= 0.6 is 0 Å². The molecular weight excluding hydrogens is 264 g/mol. The molecule has 0 aromatic carbocycles. The third-order valence-electron chi connectivity index (χ3n) is 2.69. The molecule has 0 fully saturated rings. The Morgan fingerprint density at radius 2 is 1.90 bits per heavy atom. The Kier molecular flexibility index (Phi) is 3.88. The van der Waals surface area contributed by atoms with Crippen LogP contribution in [0.5, 0.6) is 0 Å². The van der Waals surface area contributed by atoms with Gasteiger partial charge in [-0.15, -0.1) is 0 Å². The Balaban J connectivity index is 2.30. The molecule has 0 aliphatic carbocycles. The minimum Gasteiger partial charge on any atom is -0.460 e. The van der Waals surface area contributed by atoms with E-state index in [4.69, 9.17) is 9.15 Å². The Labute approximate surface area is 113 Å². The predicted molar refractivity (Wildman–Crippen MR) is 68.9 cm³/mol. The van der Waals surface area contributed by atoms with Gasteiger partial charge in [0, 0.05) is 5.69 Å². The molecule has 0 atom stereocenters. The van der Waals surface area contributed by atoms with Crippen LogP contribution in [0.2, 0.25) is 0 Å². The van der Waals surface area contributed by atoms with E-state index >= 15 is 0 Å². The summed E-state index contributed by atoms with van der Waals surface area (Å²) in [5, 5.41) is 0. The van der Waals surface area contributed by atoms with E-state index in [0.29, 0.717) is 12.1 Å². The van der Waals surface area contributed by atoms with E-state index in [9.17, 15) is 14.4 Å². The van der Waals surface area contributed by atoms with E-state index in [0.717, 1.165) is 0 Å². The van der Waals surface area contributed by atoms with Gasteiger partial charge in [0.15, 0.2) is 5.76 Å². The third-order valence-corrected chi connectivity index (χ3v) is 2.69. The highest BCUT2D eigenvalue weighted by Gasteiger charge is 2.21. The largest absolute Gasteiger partial charge is 0.460 e. The number of H-pyrrole nitrogens is 2. The van der Waals surface area contributed by atoms with Crippen molar-refractivity contribution in [2.45, 2.75) is 20.3 Å². The Morgan fingerprint density at radius 3 is 2.55 bits per heavy atom. The van der Waals surface area contributed by atoms with Crippen LogP contribution in [0.3, 0.4) is 0 Å². The maximum absolute atomic E-state index is 12.2. The normalized spacial score (nSPS) is 10.5. The number of ether oxygens (including phenoxy) is 1. The first-order valence-corrected chi connectivity index (χ1v) is 6.19. The Bertz CT molecular complexity index is 692. The van der Waals surface area contributed by atoms with Gasteiger partial charge in [-0.3, -0.25) is 4.79 Å². The molecule has 0 spiro atoms. The van der Waals surface area contributed by atoms with Gasteiger partial charge >= 0.3 is 11.7 Å². The van der Waals surface area contributed by atoms with Gasteiger partial charge in [0.05, 0.1) is 6.61 Å². The molecule has 2 aromatic heterocycles. The summed E-state index contributed by atoms with van der Waals surface area (Å²) in [6.07, 6.45) is 0.491. The van der Waals surface area contributed by atoms with Gasteiger partial charge in [-0.05, 0) is 25.5 Å². The lowest BCUT2D eigenvalue weighted by molar-refractivity contribution is 0.0488. The molecule has 2 rings (SSSR count). The van der Waals surface area contributed by atoms with Crippen LogP contribution in [0.4, 0.5) is 0 Å². The molecule has 0 amide bonds. The second kappa shape index (κ2) is 5.60. The molecule has 0 radical (unpaired) electrons. The SMILES string of the molecule is CCOC(=O)c1ccc(C(=O)c2[nH]c(=O)[nH]c2CC)o1. The van der Waals surface area contributed by atoms with Gasteiger partial charge in [-0.25, -0.2) is 9.59 Å². The van der Waals surface area contributed by atoms with Crippen molar-refractivity contribution in [2.24, 2.45) is 0 Å². The van der Waals surface area contributed by atoms with Gasteiger partial charge in [0.1, 0.15) is 5.69 Å². The van der Waals surface area contributed by atoms with Crippen LogP contribution in [-0.4, -0.2) is 28.3 Å². The molecule has 2 heterocycles. The molecule has 0 saturated heterocycles. The number of hydrogen-bond donors (Lipinski definition) is 2. The molecule has 2 aromatic rings. The predicted octanol–water partition coefficient (Wildman–Crippen LogP) is 1.27. The first-order chi connectivity index (χ1) is 9.56. The van der Waals surface area contributed by atoms with Crippen molar-refractivity contribution in [1.29, 1.82) is 0 Å². The van der Waals surface area contributed by atoms with Crippen LogP contribution in [-0.2, 0) is 11.2 Å². The highest BCUT2D eigenvalue weighted by Crippen LogP contribution is 2.14. The summed E-state index contributed by atoms with van der Waals surface area (Å²) in [5.74, 6) is -1.20. The zero-order valence-electron chi connectivity index (χ0n) is 11.1. The molecule has 0 bridgehead atoms. The summed E-state index contributed by atoms with van der Waals surface area (Å²) >= 11 is 0. The third kappa shape index (κ3) is 2.56. The van der Waals surface area contributed by atoms with Crippen molar-refractivity contribution < 1.29 is 18.7 Å². The first-order valence-electron chi connectivity index (χ1n) is 6.19. The highest BCUT2D eigenvalue weighted by molar-refractivity contribution is 6.07. The van der Waals surface area contributed by atoms with Gasteiger partial charge < -0.3 is 19.1 Å².